The third kappa shape index (κ3) is 1.68. The predicted octanol–water partition coefficient (Wildman–Crippen LogP) is -0.0697. The molecule has 0 saturated carbocycles. The highest BCUT2D eigenvalue weighted by Gasteiger charge is 2.24. The first-order valence-corrected chi connectivity index (χ1v) is 3.90. The molecule has 2 atom stereocenters. The second kappa shape index (κ2) is 3.91. The summed E-state index contributed by atoms with van der Waals surface area (Å²) in [5.41, 5.74) is 0. The molecule has 0 aromatic rings. The SMILES string of the molecule is CCOC1CCNC1NC. The molecule has 1 saturated heterocycles. The van der Waals surface area contributed by atoms with E-state index in [4.69, 9.17) is 4.74 Å². The van der Waals surface area contributed by atoms with Gasteiger partial charge < -0.3 is 10.1 Å². The van der Waals surface area contributed by atoms with Crippen LogP contribution in [0, 0.1) is 0 Å². The van der Waals surface area contributed by atoms with Crippen molar-refractivity contribution in [1.29, 1.82) is 0 Å². The molecule has 3 heteroatoms. The van der Waals surface area contributed by atoms with Gasteiger partial charge >= 0.3 is 0 Å². The minimum absolute atomic E-state index is 0.361. The summed E-state index contributed by atoms with van der Waals surface area (Å²) in [7, 11) is 1.95. The Kier molecular flexibility index (Phi) is 3.12. The second-order valence-electron chi connectivity index (χ2n) is 2.50. The predicted molar refractivity (Wildman–Crippen MR) is 40.9 cm³/mol. The van der Waals surface area contributed by atoms with Gasteiger partial charge in [0.05, 0.1) is 12.3 Å². The van der Waals surface area contributed by atoms with Gasteiger partial charge in [0.25, 0.3) is 0 Å². The van der Waals surface area contributed by atoms with Gasteiger partial charge in [0.15, 0.2) is 0 Å². The summed E-state index contributed by atoms with van der Waals surface area (Å²) in [5, 5.41) is 6.47. The van der Waals surface area contributed by atoms with Crippen LogP contribution < -0.4 is 10.6 Å². The molecule has 0 spiro atoms. The number of likely N-dealkylation sites (N-methyl/N-ethyl adjacent to an activating group) is 1. The van der Waals surface area contributed by atoms with Gasteiger partial charge in [0, 0.05) is 6.61 Å². The quantitative estimate of drug-likeness (QED) is 0.581. The van der Waals surface area contributed by atoms with E-state index in [1.807, 2.05) is 14.0 Å². The zero-order valence-electron chi connectivity index (χ0n) is 6.68. The highest BCUT2D eigenvalue weighted by atomic mass is 16.5. The molecule has 0 aliphatic carbocycles. The molecule has 60 valence electrons. The van der Waals surface area contributed by atoms with Crippen LogP contribution in [0.2, 0.25) is 0 Å². The highest BCUT2D eigenvalue weighted by molar-refractivity contribution is 4.81. The Labute approximate surface area is 62.1 Å². The second-order valence-corrected chi connectivity index (χ2v) is 2.50. The third-order valence-corrected chi connectivity index (χ3v) is 1.86. The molecule has 1 heterocycles. The van der Waals surface area contributed by atoms with Gasteiger partial charge in [-0.3, -0.25) is 5.32 Å². The Hall–Kier alpha value is -0.120. The molecule has 0 amide bonds. The van der Waals surface area contributed by atoms with E-state index >= 15 is 0 Å². The molecule has 10 heavy (non-hydrogen) atoms. The zero-order valence-corrected chi connectivity index (χ0v) is 6.68. The topological polar surface area (TPSA) is 33.3 Å². The van der Waals surface area contributed by atoms with E-state index in [0.717, 1.165) is 19.6 Å². The van der Waals surface area contributed by atoms with Gasteiger partial charge in [0.1, 0.15) is 0 Å². The Balaban J connectivity index is 2.27. The van der Waals surface area contributed by atoms with Crippen molar-refractivity contribution in [1.82, 2.24) is 10.6 Å². The number of hydrogen-bond acceptors (Lipinski definition) is 3. The summed E-state index contributed by atoms with van der Waals surface area (Å²) in [4.78, 5) is 0. The van der Waals surface area contributed by atoms with Crippen LogP contribution in [0.1, 0.15) is 13.3 Å². The van der Waals surface area contributed by atoms with Gasteiger partial charge in [-0.15, -0.1) is 0 Å². The van der Waals surface area contributed by atoms with E-state index < -0.39 is 0 Å². The Morgan fingerprint density at radius 1 is 1.70 bits per heavy atom. The fraction of sp³-hybridized carbons (Fsp3) is 1.00. The van der Waals surface area contributed by atoms with Crippen molar-refractivity contribution in [3.05, 3.63) is 0 Å². The number of rotatable bonds is 3. The van der Waals surface area contributed by atoms with Crippen LogP contribution in [-0.4, -0.2) is 32.5 Å². The maximum atomic E-state index is 5.48. The van der Waals surface area contributed by atoms with Crippen molar-refractivity contribution in [3.8, 4) is 0 Å². The molecule has 1 aliphatic rings. The molecule has 0 radical (unpaired) electrons. The van der Waals surface area contributed by atoms with Crippen molar-refractivity contribution < 1.29 is 4.74 Å². The summed E-state index contributed by atoms with van der Waals surface area (Å²) in [6.07, 6.45) is 1.86. The van der Waals surface area contributed by atoms with E-state index in [1.54, 1.807) is 0 Å². The molecule has 3 nitrogen and oxygen atoms in total. The van der Waals surface area contributed by atoms with Crippen molar-refractivity contribution in [2.75, 3.05) is 20.2 Å². The molecule has 2 N–H and O–H groups in total. The van der Waals surface area contributed by atoms with Crippen LogP contribution in [-0.2, 0) is 4.74 Å². The van der Waals surface area contributed by atoms with Crippen molar-refractivity contribution >= 4 is 0 Å². The lowest BCUT2D eigenvalue weighted by molar-refractivity contribution is 0.0482. The summed E-state index contributed by atoms with van der Waals surface area (Å²) in [6, 6.07) is 0. The molecule has 0 aromatic carbocycles. The first-order chi connectivity index (χ1) is 4.88. The number of hydrogen-bond donors (Lipinski definition) is 2. The average Bonchev–Trinajstić information content (AvgIpc) is 2.36. The first kappa shape index (κ1) is 7.98. The van der Waals surface area contributed by atoms with E-state index in [1.165, 1.54) is 0 Å². The summed E-state index contributed by atoms with van der Waals surface area (Å²) in [5.74, 6) is 0. The molecular formula is C7H16N2O. The van der Waals surface area contributed by atoms with Gasteiger partial charge in [-0.2, -0.15) is 0 Å². The van der Waals surface area contributed by atoms with Crippen LogP contribution in [0.5, 0.6) is 0 Å². The normalized spacial score (nSPS) is 33.0. The largest absolute Gasteiger partial charge is 0.375 e. The van der Waals surface area contributed by atoms with Crippen LogP contribution >= 0.6 is 0 Å². The molecular weight excluding hydrogens is 128 g/mol. The molecule has 1 aliphatic heterocycles. The Morgan fingerprint density at radius 2 is 2.50 bits per heavy atom. The lowest BCUT2D eigenvalue weighted by Crippen LogP contribution is -2.43. The zero-order chi connectivity index (χ0) is 7.40. The van der Waals surface area contributed by atoms with Crippen LogP contribution in [0.25, 0.3) is 0 Å². The molecule has 0 aromatic heterocycles. The molecule has 1 rings (SSSR count). The van der Waals surface area contributed by atoms with E-state index in [0.29, 0.717) is 12.3 Å². The van der Waals surface area contributed by atoms with E-state index in [-0.39, 0.29) is 0 Å². The molecule has 0 bridgehead atoms. The fourth-order valence-electron chi connectivity index (χ4n) is 1.36. The summed E-state index contributed by atoms with van der Waals surface area (Å²) >= 11 is 0. The molecule has 1 fully saturated rings. The number of nitrogens with one attached hydrogen (secondary N) is 2. The smallest absolute Gasteiger partial charge is 0.0871 e. The maximum absolute atomic E-state index is 5.48. The van der Waals surface area contributed by atoms with Gasteiger partial charge in [0.2, 0.25) is 0 Å². The minimum Gasteiger partial charge on any atom is -0.375 e. The average molecular weight is 144 g/mol. The van der Waals surface area contributed by atoms with Crippen molar-refractivity contribution in [3.63, 3.8) is 0 Å². The number of ether oxygens (including phenoxy) is 1. The standard InChI is InChI=1S/C7H16N2O/c1-3-10-6-4-5-9-7(6)8-2/h6-9H,3-5H2,1-2H3. The van der Waals surface area contributed by atoms with Gasteiger partial charge in [-0.1, -0.05) is 0 Å². The van der Waals surface area contributed by atoms with Crippen molar-refractivity contribution in [2.24, 2.45) is 0 Å². The lowest BCUT2D eigenvalue weighted by Gasteiger charge is -2.17. The van der Waals surface area contributed by atoms with Crippen LogP contribution in [0.4, 0.5) is 0 Å². The van der Waals surface area contributed by atoms with E-state index in [9.17, 15) is 0 Å². The summed E-state index contributed by atoms with van der Waals surface area (Å²) < 4.78 is 5.48. The molecule has 2 unspecified atom stereocenters. The summed E-state index contributed by atoms with van der Waals surface area (Å²) in [6.45, 7) is 3.91. The Bertz CT molecular complexity index is 97.6. The lowest BCUT2D eigenvalue weighted by atomic mass is 10.3. The Morgan fingerprint density at radius 3 is 3.10 bits per heavy atom. The first-order valence-electron chi connectivity index (χ1n) is 3.90. The van der Waals surface area contributed by atoms with Gasteiger partial charge in [-0.25, -0.2) is 0 Å². The highest BCUT2D eigenvalue weighted by Crippen LogP contribution is 2.07. The minimum atomic E-state index is 0.361. The van der Waals surface area contributed by atoms with Gasteiger partial charge in [-0.05, 0) is 26.9 Å². The maximum Gasteiger partial charge on any atom is 0.0871 e. The monoisotopic (exact) mass is 144 g/mol. The van der Waals surface area contributed by atoms with Crippen LogP contribution in [0.3, 0.4) is 0 Å². The van der Waals surface area contributed by atoms with Crippen LogP contribution in [0.15, 0.2) is 0 Å². The fourth-order valence-corrected chi connectivity index (χ4v) is 1.36. The van der Waals surface area contributed by atoms with Crippen molar-refractivity contribution in [2.45, 2.75) is 25.6 Å². The van der Waals surface area contributed by atoms with E-state index in [2.05, 4.69) is 10.6 Å². The third-order valence-electron chi connectivity index (χ3n) is 1.86.